The maximum Gasteiger partial charge on any atom is 0.254 e. The number of aliphatic hydroxyl groups is 1. The fourth-order valence-electron chi connectivity index (χ4n) is 3.23. The minimum absolute atomic E-state index is 0.0392. The standard InChI is InChI=1S/C16H26N2O3/c1-3-21-14(12-7-5-4-6-8-12)15-17-11(2)13(9-10-19)16(20)18-15/h12,14,19H,3-10H2,1-2H3,(H,17,18,20). The Hall–Kier alpha value is -1.20. The second-order valence-corrected chi connectivity index (χ2v) is 5.76. The lowest BCUT2D eigenvalue weighted by Gasteiger charge is -2.29. The average molecular weight is 294 g/mol. The third kappa shape index (κ3) is 3.92. The first-order chi connectivity index (χ1) is 10.2. The van der Waals surface area contributed by atoms with E-state index >= 15 is 0 Å². The number of aromatic nitrogens is 2. The summed E-state index contributed by atoms with van der Waals surface area (Å²) in [5.74, 6) is 1.08. The first kappa shape index (κ1) is 16.2. The first-order valence-electron chi connectivity index (χ1n) is 7.99. The number of nitrogens with zero attached hydrogens (tertiary/aromatic N) is 1. The highest BCUT2D eigenvalue weighted by Gasteiger charge is 2.28. The van der Waals surface area contributed by atoms with Gasteiger partial charge < -0.3 is 14.8 Å². The second kappa shape index (κ2) is 7.71. The molecule has 1 aromatic rings. The van der Waals surface area contributed by atoms with Crippen molar-refractivity contribution in [2.75, 3.05) is 13.2 Å². The van der Waals surface area contributed by atoms with Gasteiger partial charge in [-0.05, 0) is 32.6 Å². The van der Waals surface area contributed by atoms with E-state index in [1.165, 1.54) is 19.3 Å². The number of H-pyrrole nitrogens is 1. The zero-order valence-electron chi connectivity index (χ0n) is 13.0. The highest BCUT2D eigenvalue weighted by molar-refractivity contribution is 5.17. The van der Waals surface area contributed by atoms with Crippen LogP contribution in [-0.4, -0.2) is 28.3 Å². The Morgan fingerprint density at radius 3 is 2.67 bits per heavy atom. The summed E-state index contributed by atoms with van der Waals surface area (Å²) in [6, 6.07) is 0. The summed E-state index contributed by atoms with van der Waals surface area (Å²) in [5, 5.41) is 9.03. The first-order valence-corrected chi connectivity index (χ1v) is 7.99. The van der Waals surface area contributed by atoms with Gasteiger partial charge in [-0.3, -0.25) is 4.79 Å². The molecule has 1 heterocycles. The van der Waals surface area contributed by atoms with Crippen LogP contribution in [0, 0.1) is 12.8 Å². The molecule has 5 nitrogen and oxygen atoms in total. The van der Waals surface area contributed by atoms with Crippen molar-refractivity contribution in [3.63, 3.8) is 0 Å². The fraction of sp³-hybridized carbons (Fsp3) is 0.750. The van der Waals surface area contributed by atoms with Gasteiger partial charge in [-0.2, -0.15) is 0 Å². The van der Waals surface area contributed by atoms with Gasteiger partial charge in [0.1, 0.15) is 11.9 Å². The molecule has 0 aliphatic heterocycles. The Balaban J connectivity index is 2.29. The molecule has 0 saturated heterocycles. The number of ether oxygens (including phenoxy) is 1. The summed E-state index contributed by atoms with van der Waals surface area (Å²) in [4.78, 5) is 19.6. The Bertz CT molecular complexity index is 507. The quantitative estimate of drug-likeness (QED) is 0.844. The summed E-state index contributed by atoms with van der Waals surface area (Å²) in [5.41, 5.74) is 1.12. The van der Waals surface area contributed by atoms with E-state index < -0.39 is 0 Å². The van der Waals surface area contributed by atoms with Gasteiger partial charge in [0.05, 0.1) is 0 Å². The molecule has 1 aliphatic carbocycles. The highest BCUT2D eigenvalue weighted by Crippen LogP contribution is 2.35. The van der Waals surface area contributed by atoms with Crippen molar-refractivity contribution < 1.29 is 9.84 Å². The van der Waals surface area contributed by atoms with Crippen molar-refractivity contribution in [3.05, 3.63) is 27.4 Å². The monoisotopic (exact) mass is 294 g/mol. The summed E-state index contributed by atoms with van der Waals surface area (Å²) >= 11 is 0. The second-order valence-electron chi connectivity index (χ2n) is 5.76. The van der Waals surface area contributed by atoms with Gasteiger partial charge in [0.15, 0.2) is 0 Å². The molecule has 0 aromatic carbocycles. The Morgan fingerprint density at radius 1 is 1.38 bits per heavy atom. The number of hydrogen-bond donors (Lipinski definition) is 2. The molecule has 1 saturated carbocycles. The smallest absolute Gasteiger partial charge is 0.254 e. The normalized spacial score (nSPS) is 17.9. The summed E-state index contributed by atoms with van der Waals surface area (Å²) in [6.45, 7) is 4.37. The Morgan fingerprint density at radius 2 is 2.10 bits per heavy atom. The summed E-state index contributed by atoms with van der Waals surface area (Å²) in [7, 11) is 0. The number of aromatic amines is 1. The molecule has 2 N–H and O–H groups in total. The molecule has 5 heteroatoms. The van der Waals surface area contributed by atoms with Gasteiger partial charge in [0, 0.05) is 30.9 Å². The van der Waals surface area contributed by atoms with Crippen LogP contribution in [0.4, 0.5) is 0 Å². The number of aliphatic hydroxyl groups excluding tert-OH is 1. The van der Waals surface area contributed by atoms with E-state index in [-0.39, 0.29) is 18.3 Å². The van der Waals surface area contributed by atoms with Crippen LogP contribution in [-0.2, 0) is 11.2 Å². The number of rotatable bonds is 6. The number of nitrogens with one attached hydrogen (secondary N) is 1. The molecule has 0 amide bonds. The highest BCUT2D eigenvalue weighted by atomic mass is 16.5. The van der Waals surface area contributed by atoms with Crippen LogP contribution in [0.2, 0.25) is 0 Å². The van der Waals surface area contributed by atoms with Crippen molar-refractivity contribution >= 4 is 0 Å². The van der Waals surface area contributed by atoms with Gasteiger partial charge in [-0.25, -0.2) is 4.98 Å². The molecule has 1 aromatic heterocycles. The van der Waals surface area contributed by atoms with Crippen LogP contribution < -0.4 is 5.56 Å². The van der Waals surface area contributed by atoms with E-state index in [2.05, 4.69) is 9.97 Å². The maximum atomic E-state index is 12.2. The maximum absolute atomic E-state index is 12.2. The molecule has 1 aliphatic rings. The van der Waals surface area contributed by atoms with Gasteiger partial charge >= 0.3 is 0 Å². The van der Waals surface area contributed by atoms with Gasteiger partial charge in [0.2, 0.25) is 0 Å². The number of aryl methyl sites for hydroxylation is 1. The van der Waals surface area contributed by atoms with E-state index in [0.29, 0.717) is 36.0 Å². The van der Waals surface area contributed by atoms with E-state index in [1.807, 2.05) is 13.8 Å². The van der Waals surface area contributed by atoms with E-state index in [0.717, 1.165) is 12.8 Å². The van der Waals surface area contributed by atoms with Crippen LogP contribution in [0.5, 0.6) is 0 Å². The van der Waals surface area contributed by atoms with Crippen molar-refractivity contribution in [1.29, 1.82) is 0 Å². The predicted octanol–water partition coefficient (Wildman–Crippen LogP) is 2.27. The zero-order valence-corrected chi connectivity index (χ0v) is 13.0. The van der Waals surface area contributed by atoms with Crippen molar-refractivity contribution in [3.8, 4) is 0 Å². The molecule has 1 unspecified atom stereocenters. The number of hydrogen-bond acceptors (Lipinski definition) is 4. The molecule has 0 spiro atoms. The Kier molecular flexibility index (Phi) is 5.94. The van der Waals surface area contributed by atoms with Crippen LogP contribution >= 0.6 is 0 Å². The fourth-order valence-corrected chi connectivity index (χ4v) is 3.23. The molecule has 0 bridgehead atoms. The third-order valence-electron chi connectivity index (χ3n) is 4.30. The molecular formula is C16H26N2O3. The molecule has 1 fully saturated rings. The van der Waals surface area contributed by atoms with E-state index in [9.17, 15) is 4.79 Å². The molecule has 1 atom stereocenters. The van der Waals surface area contributed by atoms with Crippen LogP contribution in [0.1, 0.15) is 62.2 Å². The van der Waals surface area contributed by atoms with Crippen LogP contribution in [0.15, 0.2) is 4.79 Å². The lowest BCUT2D eigenvalue weighted by atomic mass is 9.85. The lowest BCUT2D eigenvalue weighted by molar-refractivity contribution is -0.000481. The average Bonchev–Trinajstić information content (AvgIpc) is 2.49. The third-order valence-corrected chi connectivity index (χ3v) is 4.30. The SMILES string of the molecule is CCOC(c1nc(C)c(CCO)c(=O)[nH]1)C1CCCCC1. The lowest BCUT2D eigenvalue weighted by Crippen LogP contribution is -2.26. The predicted molar refractivity (Wildman–Crippen MR) is 81.3 cm³/mol. The zero-order chi connectivity index (χ0) is 15.2. The largest absolute Gasteiger partial charge is 0.396 e. The van der Waals surface area contributed by atoms with E-state index in [1.54, 1.807) is 0 Å². The molecule has 0 radical (unpaired) electrons. The van der Waals surface area contributed by atoms with Crippen molar-refractivity contribution in [2.24, 2.45) is 5.92 Å². The molecule has 118 valence electrons. The minimum atomic E-state index is -0.146. The van der Waals surface area contributed by atoms with Crippen LogP contribution in [0.3, 0.4) is 0 Å². The van der Waals surface area contributed by atoms with Gasteiger partial charge in [-0.1, -0.05) is 19.3 Å². The minimum Gasteiger partial charge on any atom is -0.396 e. The summed E-state index contributed by atoms with van der Waals surface area (Å²) < 4.78 is 5.90. The van der Waals surface area contributed by atoms with Gasteiger partial charge in [0.25, 0.3) is 5.56 Å². The molecule has 2 rings (SSSR count). The topological polar surface area (TPSA) is 75.2 Å². The Labute approximate surface area is 125 Å². The van der Waals surface area contributed by atoms with Crippen molar-refractivity contribution in [1.82, 2.24) is 9.97 Å². The molecule has 21 heavy (non-hydrogen) atoms. The summed E-state index contributed by atoms with van der Waals surface area (Å²) in [6.07, 6.45) is 6.22. The van der Waals surface area contributed by atoms with Crippen LogP contribution in [0.25, 0.3) is 0 Å². The molecular weight excluding hydrogens is 268 g/mol. The van der Waals surface area contributed by atoms with Gasteiger partial charge in [-0.15, -0.1) is 0 Å². The van der Waals surface area contributed by atoms with E-state index in [4.69, 9.17) is 9.84 Å². The van der Waals surface area contributed by atoms with Crippen molar-refractivity contribution in [2.45, 2.75) is 58.5 Å².